The Morgan fingerprint density at radius 3 is 1.44 bits per heavy atom. The molecular weight excluding hydrogens is 232 g/mol. The molecule has 18 heavy (non-hydrogen) atoms. The quantitative estimate of drug-likeness (QED) is 0.428. The van der Waals surface area contributed by atoms with E-state index in [1.807, 2.05) is 13.8 Å². The summed E-state index contributed by atoms with van der Waals surface area (Å²) < 4.78 is 0. The topological polar surface area (TPSA) is 82.9 Å². The zero-order valence-corrected chi connectivity index (χ0v) is 11.5. The fourth-order valence-corrected chi connectivity index (χ4v) is 1.23. The van der Waals surface area contributed by atoms with Crippen LogP contribution in [0.3, 0.4) is 0 Å². The average Bonchev–Trinajstić information content (AvgIpc) is 2.33. The van der Waals surface area contributed by atoms with E-state index in [2.05, 4.69) is 21.1 Å². The summed E-state index contributed by atoms with van der Waals surface area (Å²) in [7, 11) is 0. The van der Waals surface area contributed by atoms with Crippen molar-refractivity contribution in [3.05, 3.63) is 0 Å². The Morgan fingerprint density at radius 2 is 1.17 bits per heavy atom. The molecule has 6 heteroatoms. The molecule has 0 heterocycles. The maximum absolute atomic E-state index is 11.3. The van der Waals surface area contributed by atoms with Gasteiger partial charge in [0.15, 0.2) is 0 Å². The van der Waals surface area contributed by atoms with E-state index >= 15 is 0 Å². The molecular formula is C12H22N4O2. The van der Waals surface area contributed by atoms with E-state index in [1.54, 1.807) is 13.8 Å². The number of carbonyl (C=O) groups excluding carboxylic acids is 2. The first-order valence-corrected chi connectivity index (χ1v) is 6.17. The number of carbonyl (C=O) groups is 2. The molecule has 0 atom stereocenters. The van der Waals surface area contributed by atoms with Crippen molar-refractivity contribution in [3.8, 4) is 0 Å². The molecule has 0 aromatic carbocycles. The van der Waals surface area contributed by atoms with Crippen molar-refractivity contribution in [2.45, 2.75) is 53.4 Å². The number of hydrogen-bond donors (Lipinski definition) is 2. The molecule has 2 N–H and O–H groups in total. The molecule has 0 aliphatic carbocycles. The second-order valence-electron chi connectivity index (χ2n) is 4.08. The van der Waals surface area contributed by atoms with E-state index in [9.17, 15) is 9.59 Å². The molecule has 0 bridgehead atoms. The average molecular weight is 254 g/mol. The van der Waals surface area contributed by atoms with Crippen LogP contribution in [0.1, 0.15) is 53.4 Å². The Morgan fingerprint density at radius 1 is 0.833 bits per heavy atom. The summed E-state index contributed by atoms with van der Waals surface area (Å²) in [5.41, 5.74) is 5.94. The van der Waals surface area contributed by atoms with Crippen LogP contribution in [-0.4, -0.2) is 23.2 Å². The number of hydrogen-bond acceptors (Lipinski definition) is 4. The maximum atomic E-state index is 11.3. The van der Waals surface area contributed by atoms with Crippen molar-refractivity contribution in [3.63, 3.8) is 0 Å². The summed E-state index contributed by atoms with van der Waals surface area (Å²) in [6.45, 7) is 7.62. The van der Waals surface area contributed by atoms with Crippen LogP contribution in [0.2, 0.25) is 0 Å². The van der Waals surface area contributed by atoms with Gasteiger partial charge >= 0.3 is 11.8 Å². The van der Waals surface area contributed by atoms with Crippen molar-refractivity contribution < 1.29 is 9.59 Å². The molecule has 0 rings (SSSR count). The number of amides is 2. The van der Waals surface area contributed by atoms with Crippen LogP contribution in [0, 0.1) is 0 Å². The summed E-state index contributed by atoms with van der Waals surface area (Å²) in [5.74, 6) is -1.61. The van der Waals surface area contributed by atoms with Crippen molar-refractivity contribution in [1.29, 1.82) is 0 Å². The molecule has 0 aromatic rings. The van der Waals surface area contributed by atoms with Crippen LogP contribution in [0.25, 0.3) is 0 Å². The largest absolute Gasteiger partial charge is 0.331 e. The van der Waals surface area contributed by atoms with Crippen molar-refractivity contribution in [2.24, 2.45) is 10.2 Å². The lowest BCUT2D eigenvalue weighted by atomic mass is 10.2. The van der Waals surface area contributed by atoms with Crippen molar-refractivity contribution in [1.82, 2.24) is 10.9 Å². The Labute approximate surface area is 108 Å². The van der Waals surface area contributed by atoms with Crippen LogP contribution in [0.15, 0.2) is 10.2 Å². The lowest BCUT2D eigenvalue weighted by molar-refractivity contribution is -0.139. The van der Waals surface area contributed by atoms with Crippen LogP contribution in [0.4, 0.5) is 0 Å². The summed E-state index contributed by atoms with van der Waals surface area (Å²) in [4.78, 5) is 22.6. The first-order valence-electron chi connectivity index (χ1n) is 6.17. The fourth-order valence-electron chi connectivity index (χ4n) is 1.23. The standard InChI is InChI=1S/C12H22N4O2/c1-5-7-9(3)13-15-11(17)12(18)16-14-10(4)8-6-2/h5-8H2,1-4H3,(H,15,17)(H,16,18)/b13-9-,14-10-. The van der Waals surface area contributed by atoms with E-state index in [0.29, 0.717) is 0 Å². The molecule has 0 radical (unpaired) electrons. The minimum absolute atomic E-state index is 0.782. The Kier molecular flexibility index (Phi) is 8.43. The smallest absolute Gasteiger partial charge is 0.262 e. The maximum Gasteiger partial charge on any atom is 0.331 e. The first kappa shape index (κ1) is 16.3. The number of hydrazone groups is 2. The highest BCUT2D eigenvalue weighted by Gasteiger charge is 2.11. The monoisotopic (exact) mass is 254 g/mol. The minimum Gasteiger partial charge on any atom is -0.262 e. The highest BCUT2D eigenvalue weighted by Crippen LogP contribution is 1.90. The zero-order chi connectivity index (χ0) is 14.0. The SMILES string of the molecule is CCC/C(C)=N\NC(=O)C(=O)N/N=C(/C)CCC. The van der Waals surface area contributed by atoms with Crippen LogP contribution in [-0.2, 0) is 9.59 Å². The molecule has 0 fully saturated rings. The van der Waals surface area contributed by atoms with Gasteiger partial charge in [-0.05, 0) is 26.7 Å². The highest BCUT2D eigenvalue weighted by atomic mass is 16.2. The third kappa shape index (κ3) is 7.54. The van der Waals surface area contributed by atoms with Crippen molar-refractivity contribution >= 4 is 23.2 Å². The predicted octanol–water partition coefficient (Wildman–Crippen LogP) is 1.57. The van der Waals surface area contributed by atoms with Gasteiger partial charge in [0.1, 0.15) is 0 Å². The highest BCUT2D eigenvalue weighted by molar-refractivity contribution is 6.35. The van der Waals surface area contributed by atoms with Gasteiger partial charge in [-0.1, -0.05) is 26.7 Å². The molecule has 0 unspecified atom stereocenters. The van der Waals surface area contributed by atoms with E-state index in [-0.39, 0.29) is 0 Å². The number of rotatable bonds is 6. The van der Waals surface area contributed by atoms with Gasteiger partial charge in [-0.15, -0.1) is 0 Å². The second kappa shape index (κ2) is 9.32. The van der Waals surface area contributed by atoms with E-state index in [4.69, 9.17) is 0 Å². The molecule has 102 valence electrons. The molecule has 0 aliphatic rings. The second-order valence-corrected chi connectivity index (χ2v) is 4.08. The zero-order valence-electron chi connectivity index (χ0n) is 11.5. The predicted molar refractivity (Wildman–Crippen MR) is 72.3 cm³/mol. The van der Waals surface area contributed by atoms with Gasteiger partial charge in [-0.25, -0.2) is 10.9 Å². The third-order valence-corrected chi connectivity index (χ3v) is 2.13. The Hall–Kier alpha value is -1.72. The van der Waals surface area contributed by atoms with Gasteiger partial charge in [-0.3, -0.25) is 9.59 Å². The molecule has 0 spiro atoms. The van der Waals surface area contributed by atoms with Gasteiger partial charge in [0.05, 0.1) is 0 Å². The number of nitrogens with one attached hydrogen (secondary N) is 2. The summed E-state index contributed by atoms with van der Waals surface area (Å²) >= 11 is 0. The number of nitrogens with zero attached hydrogens (tertiary/aromatic N) is 2. The molecule has 6 nitrogen and oxygen atoms in total. The van der Waals surface area contributed by atoms with Gasteiger partial charge in [0.25, 0.3) is 0 Å². The van der Waals surface area contributed by atoms with E-state index in [0.717, 1.165) is 37.1 Å². The van der Waals surface area contributed by atoms with E-state index in [1.165, 1.54) is 0 Å². The molecule has 0 aliphatic heterocycles. The van der Waals surface area contributed by atoms with Gasteiger partial charge in [0, 0.05) is 11.4 Å². The van der Waals surface area contributed by atoms with Gasteiger partial charge in [-0.2, -0.15) is 10.2 Å². The molecule has 0 aromatic heterocycles. The summed E-state index contributed by atoms with van der Waals surface area (Å²) in [6.07, 6.45) is 3.46. The van der Waals surface area contributed by atoms with Gasteiger partial charge in [0.2, 0.25) is 0 Å². The van der Waals surface area contributed by atoms with Crippen molar-refractivity contribution in [2.75, 3.05) is 0 Å². The van der Waals surface area contributed by atoms with Crippen LogP contribution >= 0.6 is 0 Å². The summed E-state index contributed by atoms with van der Waals surface area (Å²) in [5, 5.41) is 7.61. The third-order valence-electron chi connectivity index (χ3n) is 2.13. The van der Waals surface area contributed by atoms with Crippen LogP contribution in [0.5, 0.6) is 0 Å². The fraction of sp³-hybridized carbons (Fsp3) is 0.667. The lowest BCUT2D eigenvalue weighted by Crippen LogP contribution is -2.36. The van der Waals surface area contributed by atoms with Gasteiger partial charge < -0.3 is 0 Å². The minimum atomic E-state index is -0.807. The molecule has 2 amide bonds. The normalized spacial score (nSPS) is 12.2. The first-order chi connectivity index (χ1) is 8.51. The summed E-state index contributed by atoms with van der Waals surface area (Å²) in [6, 6.07) is 0. The van der Waals surface area contributed by atoms with Crippen LogP contribution < -0.4 is 10.9 Å². The van der Waals surface area contributed by atoms with E-state index < -0.39 is 11.8 Å². The Balaban J connectivity index is 4.16. The lowest BCUT2D eigenvalue weighted by Gasteiger charge is -2.01. The Bertz CT molecular complexity index is 314. The molecule has 0 saturated heterocycles. The molecule has 0 saturated carbocycles.